The van der Waals surface area contributed by atoms with Crippen LogP contribution in [-0.2, 0) is 17.8 Å². The number of rotatable bonds is 7. The van der Waals surface area contributed by atoms with Crippen molar-refractivity contribution in [2.75, 3.05) is 0 Å². The third-order valence-corrected chi connectivity index (χ3v) is 4.64. The van der Waals surface area contributed by atoms with E-state index in [1.165, 1.54) is 5.56 Å². The molecule has 0 aromatic heterocycles. The largest absolute Gasteiger partial charge is 0.488 e. The smallest absolute Gasteiger partial charge is 0.244 e. The van der Waals surface area contributed by atoms with Crippen LogP contribution in [0.4, 0.5) is 0 Å². The lowest BCUT2D eigenvalue weighted by molar-refractivity contribution is -0.120. The van der Waals surface area contributed by atoms with E-state index in [0.29, 0.717) is 17.9 Å². The van der Waals surface area contributed by atoms with Gasteiger partial charge in [0.05, 0.1) is 24.3 Å². The second kappa shape index (κ2) is 10.0. The Bertz CT molecular complexity index is 1100. The molecule has 150 valence electrons. The van der Waals surface area contributed by atoms with Gasteiger partial charge in [-0.2, -0.15) is 10.4 Å². The van der Waals surface area contributed by atoms with Crippen LogP contribution in [-0.4, -0.2) is 12.1 Å². The Labute approximate surface area is 176 Å². The summed E-state index contributed by atoms with van der Waals surface area (Å²) in [5.74, 6) is 0.489. The lowest BCUT2D eigenvalue weighted by Gasteiger charge is -2.09. The van der Waals surface area contributed by atoms with Gasteiger partial charge in [0.15, 0.2) is 0 Å². The molecule has 5 nitrogen and oxygen atoms in total. The minimum Gasteiger partial charge on any atom is -0.488 e. The van der Waals surface area contributed by atoms with Crippen molar-refractivity contribution in [2.24, 2.45) is 5.10 Å². The van der Waals surface area contributed by atoms with E-state index in [2.05, 4.69) is 22.7 Å². The van der Waals surface area contributed by atoms with Gasteiger partial charge in [-0.25, -0.2) is 5.43 Å². The Morgan fingerprint density at radius 3 is 2.60 bits per heavy atom. The molecule has 0 aliphatic heterocycles. The van der Waals surface area contributed by atoms with Crippen molar-refractivity contribution in [1.29, 1.82) is 5.26 Å². The van der Waals surface area contributed by atoms with E-state index in [4.69, 9.17) is 10.00 Å². The Hall–Kier alpha value is -3.91. The number of benzene rings is 3. The van der Waals surface area contributed by atoms with Gasteiger partial charge in [-0.15, -0.1) is 0 Å². The van der Waals surface area contributed by atoms with Gasteiger partial charge in [-0.3, -0.25) is 4.79 Å². The SMILES string of the molecule is Cc1ccc(CC(=O)N/N=C\c2ccccc2OCc2ccc(C#N)cc2)c(C)c1. The zero-order valence-corrected chi connectivity index (χ0v) is 17.1. The number of aryl methyl sites for hydroxylation is 2. The minimum absolute atomic E-state index is 0.172. The highest BCUT2D eigenvalue weighted by atomic mass is 16.5. The highest BCUT2D eigenvalue weighted by molar-refractivity contribution is 5.85. The number of para-hydroxylation sites is 1. The molecule has 0 aliphatic carbocycles. The van der Waals surface area contributed by atoms with Gasteiger partial charge >= 0.3 is 0 Å². The molecule has 0 aliphatic rings. The maximum Gasteiger partial charge on any atom is 0.244 e. The lowest BCUT2D eigenvalue weighted by Crippen LogP contribution is -2.20. The number of carbonyl (C=O) groups is 1. The summed E-state index contributed by atoms with van der Waals surface area (Å²) in [6.07, 6.45) is 1.86. The summed E-state index contributed by atoms with van der Waals surface area (Å²) >= 11 is 0. The lowest BCUT2D eigenvalue weighted by atomic mass is 10.0. The van der Waals surface area contributed by atoms with Crippen molar-refractivity contribution >= 4 is 12.1 Å². The molecule has 0 unspecified atom stereocenters. The van der Waals surface area contributed by atoms with E-state index in [0.717, 1.165) is 22.3 Å². The summed E-state index contributed by atoms with van der Waals surface area (Å²) in [7, 11) is 0. The van der Waals surface area contributed by atoms with Crippen molar-refractivity contribution in [3.05, 3.63) is 100 Å². The van der Waals surface area contributed by atoms with Crippen molar-refractivity contribution < 1.29 is 9.53 Å². The first-order chi connectivity index (χ1) is 14.5. The average Bonchev–Trinajstić information content (AvgIpc) is 2.75. The number of nitrogens with one attached hydrogen (secondary N) is 1. The van der Waals surface area contributed by atoms with Gasteiger partial charge < -0.3 is 4.74 Å². The second-order valence-corrected chi connectivity index (χ2v) is 7.04. The van der Waals surface area contributed by atoms with Gasteiger partial charge in [-0.05, 0) is 54.8 Å². The maximum atomic E-state index is 12.2. The molecule has 3 aromatic carbocycles. The predicted octanol–water partition coefficient (Wildman–Crippen LogP) is 4.45. The van der Waals surface area contributed by atoms with Crippen molar-refractivity contribution in [2.45, 2.75) is 26.9 Å². The van der Waals surface area contributed by atoms with Gasteiger partial charge in [-0.1, -0.05) is 48.0 Å². The van der Waals surface area contributed by atoms with Crippen molar-refractivity contribution in [3.8, 4) is 11.8 Å². The van der Waals surface area contributed by atoms with E-state index in [1.54, 1.807) is 18.3 Å². The third-order valence-electron chi connectivity index (χ3n) is 4.64. The Kier molecular flexibility index (Phi) is 6.96. The molecule has 3 aromatic rings. The van der Waals surface area contributed by atoms with Crippen LogP contribution in [0.15, 0.2) is 71.8 Å². The monoisotopic (exact) mass is 397 g/mol. The predicted molar refractivity (Wildman–Crippen MR) is 117 cm³/mol. The maximum absolute atomic E-state index is 12.2. The van der Waals surface area contributed by atoms with E-state index >= 15 is 0 Å². The Morgan fingerprint density at radius 1 is 1.10 bits per heavy atom. The standard InChI is InChI=1S/C25H23N3O2/c1-18-7-12-22(19(2)13-18)14-25(29)28-27-16-23-5-3-4-6-24(23)30-17-21-10-8-20(15-26)9-11-21/h3-13,16H,14,17H2,1-2H3,(H,28,29)/b27-16-. The molecular formula is C25H23N3O2. The number of carbonyl (C=O) groups excluding carboxylic acids is 1. The van der Waals surface area contributed by atoms with Crippen LogP contribution in [0.25, 0.3) is 0 Å². The van der Waals surface area contributed by atoms with E-state index in [9.17, 15) is 4.79 Å². The van der Waals surface area contributed by atoms with E-state index in [-0.39, 0.29) is 12.3 Å². The molecule has 0 saturated heterocycles. The number of ether oxygens (including phenoxy) is 1. The molecule has 3 rings (SSSR count). The normalized spacial score (nSPS) is 10.6. The molecule has 0 fully saturated rings. The Balaban J connectivity index is 1.58. The fourth-order valence-electron chi connectivity index (χ4n) is 2.99. The summed E-state index contributed by atoms with van der Waals surface area (Å²) in [4.78, 5) is 12.2. The van der Waals surface area contributed by atoms with Crippen molar-refractivity contribution in [3.63, 3.8) is 0 Å². The minimum atomic E-state index is -0.172. The van der Waals surface area contributed by atoms with Gasteiger partial charge in [0, 0.05) is 5.56 Å². The van der Waals surface area contributed by atoms with Crippen molar-refractivity contribution in [1.82, 2.24) is 5.43 Å². The highest BCUT2D eigenvalue weighted by Gasteiger charge is 2.06. The third kappa shape index (κ3) is 5.79. The molecule has 1 N–H and O–H groups in total. The van der Waals surface area contributed by atoms with Crippen LogP contribution >= 0.6 is 0 Å². The summed E-state index contributed by atoms with van der Waals surface area (Å²) in [5.41, 5.74) is 8.17. The number of amides is 1. The number of nitrogens with zero attached hydrogens (tertiary/aromatic N) is 2. The summed E-state index contributed by atoms with van der Waals surface area (Å²) in [6, 6.07) is 22.9. The molecule has 5 heteroatoms. The van der Waals surface area contributed by atoms with Crippen LogP contribution in [0.3, 0.4) is 0 Å². The van der Waals surface area contributed by atoms with Gasteiger partial charge in [0.2, 0.25) is 5.91 Å². The molecular weight excluding hydrogens is 374 g/mol. The number of hydrazone groups is 1. The van der Waals surface area contributed by atoms with Crippen LogP contribution in [0, 0.1) is 25.2 Å². The molecule has 0 heterocycles. The quantitative estimate of drug-likeness (QED) is 0.473. The first-order valence-corrected chi connectivity index (χ1v) is 9.64. The highest BCUT2D eigenvalue weighted by Crippen LogP contribution is 2.18. The first kappa shape index (κ1) is 20.8. The summed E-state index contributed by atoms with van der Waals surface area (Å²) < 4.78 is 5.89. The fraction of sp³-hybridized carbons (Fsp3) is 0.160. The fourth-order valence-corrected chi connectivity index (χ4v) is 2.99. The average molecular weight is 397 g/mol. The first-order valence-electron chi connectivity index (χ1n) is 9.64. The van der Waals surface area contributed by atoms with E-state index < -0.39 is 0 Å². The molecule has 30 heavy (non-hydrogen) atoms. The molecule has 0 spiro atoms. The summed E-state index contributed by atoms with van der Waals surface area (Å²) in [6.45, 7) is 4.40. The Morgan fingerprint density at radius 2 is 1.87 bits per heavy atom. The van der Waals surface area contributed by atoms with Crippen LogP contribution in [0.1, 0.15) is 33.4 Å². The van der Waals surface area contributed by atoms with Gasteiger partial charge in [0.25, 0.3) is 0 Å². The molecule has 1 amide bonds. The molecule has 0 radical (unpaired) electrons. The number of hydrogen-bond donors (Lipinski definition) is 1. The zero-order valence-electron chi connectivity index (χ0n) is 17.1. The van der Waals surface area contributed by atoms with E-state index in [1.807, 2.05) is 62.4 Å². The van der Waals surface area contributed by atoms with Crippen LogP contribution < -0.4 is 10.2 Å². The number of nitriles is 1. The van der Waals surface area contributed by atoms with Crippen LogP contribution in [0.5, 0.6) is 5.75 Å². The molecule has 0 bridgehead atoms. The second-order valence-electron chi connectivity index (χ2n) is 7.04. The summed E-state index contributed by atoms with van der Waals surface area (Å²) in [5, 5.41) is 13.0. The zero-order chi connectivity index (χ0) is 21.3. The van der Waals surface area contributed by atoms with Gasteiger partial charge in [0.1, 0.15) is 12.4 Å². The van der Waals surface area contributed by atoms with Crippen LogP contribution in [0.2, 0.25) is 0 Å². The number of hydrogen-bond acceptors (Lipinski definition) is 4. The topological polar surface area (TPSA) is 74.5 Å². The molecule has 0 saturated carbocycles. The molecule has 0 atom stereocenters.